The fraction of sp³-hybridized carbons (Fsp3) is 0.238. The van der Waals surface area contributed by atoms with Crippen molar-refractivity contribution in [2.24, 2.45) is 0 Å². The van der Waals surface area contributed by atoms with E-state index in [9.17, 15) is 0 Å². The Bertz CT molecular complexity index is 944. The number of furan rings is 1. The van der Waals surface area contributed by atoms with Crippen LogP contribution < -0.4 is 0 Å². The molecule has 4 heteroatoms. The Morgan fingerprint density at radius 3 is 2.52 bits per heavy atom. The van der Waals surface area contributed by atoms with Crippen molar-refractivity contribution in [3.63, 3.8) is 0 Å². The molecule has 3 unspecified atom stereocenters. The maximum Gasteiger partial charge on any atom is 0.137 e. The molecule has 126 valence electrons. The first-order valence-corrected chi connectivity index (χ1v) is 8.59. The number of rotatable bonds is 5. The third-order valence-corrected chi connectivity index (χ3v) is 5.18. The Morgan fingerprint density at radius 1 is 0.960 bits per heavy atom. The number of aromatic amines is 1. The quantitative estimate of drug-likeness (QED) is 0.544. The minimum Gasteiger partial charge on any atom is -0.472 e. The van der Waals surface area contributed by atoms with E-state index < -0.39 is 0 Å². The molecule has 0 saturated heterocycles. The number of aromatic nitrogens is 3. The van der Waals surface area contributed by atoms with Crippen molar-refractivity contribution in [3.8, 4) is 0 Å². The van der Waals surface area contributed by atoms with Crippen LogP contribution in [0.4, 0.5) is 0 Å². The second kappa shape index (κ2) is 6.55. The average molecular weight is 331 g/mol. The lowest BCUT2D eigenvalue weighted by atomic mass is 9.74. The summed E-state index contributed by atoms with van der Waals surface area (Å²) in [6.45, 7) is 4.54. The van der Waals surface area contributed by atoms with Crippen molar-refractivity contribution in [1.29, 1.82) is 0 Å². The summed E-state index contributed by atoms with van der Waals surface area (Å²) in [6, 6.07) is 10.6. The molecule has 0 fully saturated rings. The first kappa shape index (κ1) is 15.6. The molecule has 0 aliphatic carbocycles. The molecule has 0 aromatic carbocycles. The highest BCUT2D eigenvalue weighted by molar-refractivity contribution is 5.75. The summed E-state index contributed by atoms with van der Waals surface area (Å²) < 4.78 is 5.39. The van der Waals surface area contributed by atoms with Crippen molar-refractivity contribution in [2.75, 3.05) is 0 Å². The second-order valence-corrected chi connectivity index (χ2v) is 6.62. The SMILES string of the molecule is CC(c1ccncc1)C(c1ccoc1)C(C)c1cnc2[nH]ccc2c1. The fourth-order valence-electron chi connectivity index (χ4n) is 3.76. The first-order chi connectivity index (χ1) is 12.2. The topological polar surface area (TPSA) is 54.7 Å². The minimum absolute atomic E-state index is 0.291. The van der Waals surface area contributed by atoms with Crippen LogP contribution in [0.15, 0.2) is 72.1 Å². The summed E-state index contributed by atoms with van der Waals surface area (Å²) in [4.78, 5) is 11.9. The van der Waals surface area contributed by atoms with Gasteiger partial charge in [-0.3, -0.25) is 4.98 Å². The monoisotopic (exact) mass is 331 g/mol. The highest BCUT2D eigenvalue weighted by Gasteiger charge is 2.29. The Morgan fingerprint density at radius 2 is 1.76 bits per heavy atom. The van der Waals surface area contributed by atoms with Crippen molar-refractivity contribution in [1.82, 2.24) is 15.0 Å². The van der Waals surface area contributed by atoms with E-state index in [-0.39, 0.29) is 0 Å². The number of hydrogen-bond donors (Lipinski definition) is 1. The highest BCUT2D eigenvalue weighted by atomic mass is 16.3. The number of hydrogen-bond acceptors (Lipinski definition) is 3. The first-order valence-electron chi connectivity index (χ1n) is 8.59. The van der Waals surface area contributed by atoms with Crippen LogP contribution in [0.2, 0.25) is 0 Å². The molecule has 4 aromatic rings. The molecular formula is C21H21N3O. The maximum atomic E-state index is 5.39. The van der Waals surface area contributed by atoms with E-state index in [0.717, 1.165) is 11.0 Å². The van der Waals surface area contributed by atoms with Crippen LogP contribution in [0.3, 0.4) is 0 Å². The van der Waals surface area contributed by atoms with Crippen molar-refractivity contribution < 1.29 is 4.42 Å². The van der Waals surface area contributed by atoms with E-state index in [1.165, 1.54) is 16.7 Å². The lowest BCUT2D eigenvalue weighted by Gasteiger charge is -2.29. The highest BCUT2D eigenvalue weighted by Crippen LogP contribution is 2.43. The van der Waals surface area contributed by atoms with E-state index in [1.54, 1.807) is 6.26 Å². The number of fused-ring (bicyclic) bond motifs is 1. The van der Waals surface area contributed by atoms with E-state index in [4.69, 9.17) is 4.42 Å². The number of nitrogens with zero attached hydrogens (tertiary/aromatic N) is 2. The van der Waals surface area contributed by atoms with Gasteiger partial charge in [0.15, 0.2) is 0 Å². The van der Waals surface area contributed by atoms with Gasteiger partial charge in [0.25, 0.3) is 0 Å². The third-order valence-electron chi connectivity index (χ3n) is 5.18. The van der Waals surface area contributed by atoms with Crippen molar-refractivity contribution >= 4 is 11.0 Å². The van der Waals surface area contributed by atoms with E-state index in [2.05, 4.69) is 59.1 Å². The van der Waals surface area contributed by atoms with Crippen LogP contribution in [0.5, 0.6) is 0 Å². The molecule has 25 heavy (non-hydrogen) atoms. The molecule has 3 atom stereocenters. The predicted molar refractivity (Wildman–Crippen MR) is 98.6 cm³/mol. The molecule has 0 saturated carbocycles. The standard InChI is InChI=1S/C21H21N3O/c1-14(16-3-7-22-8-4-16)20(18-6-10-25-13-18)15(2)19-11-17-5-9-23-21(17)24-12-19/h3-15,20H,1-2H3,(H,23,24). The Hall–Kier alpha value is -2.88. The van der Waals surface area contributed by atoms with Gasteiger partial charge in [-0.15, -0.1) is 0 Å². The van der Waals surface area contributed by atoms with E-state index in [0.29, 0.717) is 17.8 Å². The smallest absolute Gasteiger partial charge is 0.137 e. The van der Waals surface area contributed by atoms with Crippen LogP contribution in [-0.4, -0.2) is 15.0 Å². The second-order valence-electron chi connectivity index (χ2n) is 6.62. The molecule has 0 spiro atoms. The molecule has 4 aromatic heterocycles. The molecule has 1 N–H and O–H groups in total. The van der Waals surface area contributed by atoms with Crippen LogP contribution >= 0.6 is 0 Å². The summed E-state index contributed by atoms with van der Waals surface area (Å²) in [5.74, 6) is 0.921. The molecule has 0 aliphatic rings. The molecule has 0 aliphatic heterocycles. The number of H-pyrrole nitrogens is 1. The van der Waals surface area contributed by atoms with Gasteiger partial charge in [0.05, 0.1) is 12.5 Å². The van der Waals surface area contributed by atoms with Gasteiger partial charge < -0.3 is 9.40 Å². The summed E-state index contributed by atoms with van der Waals surface area (Å²) >= 11 is 0. The molecule has 4 heterocycles. The third kappa shape index (κ3) is 2.95. The van der Waals surface area contributed by atoms with Gasteiger partial charge in [-0.1, -0.05) is 13.8 Å². The van der Waals surface area contributed by atoms with Gasteiger partial charge >= 0.3 is 0 Å². The van der Waals surface area contributed by atoms with Crippen LogP contribution in [-0.2, 0) is 0 Å². The number of pyridine rings is 2. The Labute approximate surface area is 146 Å². The van der Waals surface area contributed by atoms with Crippen molar-refractivity contribution in [2.45, 2.75) is 31.6 Å². The molecular weight excluding hydrogens is 310 g/mol. The van der Waals surface area contributed by atoms with E-state index in [1.807, 2.05) is 31.1 Å². The van der Waals surface area contributed by atoms with Crippen LogP contribution in [0, 0.1) is 0 Å². The lowest BCUT2D eigenvalue weighted by Crippen LogP contribution is -2.15. The molecule has 0 bridgehead atoms. The molecule has 0 amide bonds. The van der Waals surface area contributed by atoms with Gasteiger partial charge in [0, 0.05) is 36.1 Å². The van der Waals surface area contributed by atoms with Crippen LogP contribution in [0.1, 0.15) is 48.3 Å². The summed E-state index contributed by atoms with van der Waals surface area (Å²) in [7, 11) is 0. The van der Waals surface area contributed by atoms with Gasteiger partial charge in [0.1, 0.15) is 5.65 Å². The summed E-state index contributed by atoms with van der Waals surface area (Å²) in [5.41, 5.74) is 4.66. The zero-order chi connectivity index (χ0) is 17.2. The largest absolute Gasteiger partial charge is 0.472 e. The van der Waals surface area contributed by atoms with E-state index >= 15 is 0 Å². The summed E-state index contributed by atoms with van der Waals surface area (Å²) in [6.07, 6.45) is 11.2. The average Bonchev–Trinajstić information content (AvgIpc) is 3.33. The molecule has 4 rings (SSSR count). The zero-order valence-corrected chi connectivity index (χ0v) is 14.4. The van der Waals surface area contributed by atoms with Crippen LogP contribution in [0.25, 0.3) is 11.0 Å². The number of nitrogens with one attached hydrogen (secondary N) is 1. The maximum absolute atomic E-state index is 5.39. The molecule has 4 nitrogen and oxygen atoms in total. The normalized spacial score (nSPS) is 15.1. The Balaban J connectivity index is 1.74. The lowest BCUT2D eigenvalue weighted by molar-refractivity contribution is 0.485. The Kier molecular flexibility index (Phi) is 4.10. The summed E-state index contributed by atoms with van der Waals surface area (Å²) in [5, 5.41) is 1.15. The zero-order valence-electron chi connectivity index (χ0n) is 14.4. The predicted octanol–water partition coefficient (Wildman–Crippen LogP) is 5.24. The molecule has 0 radical (unpaired) electrons. The van der Waals surface area contributed by atoms with Crippen molar-refractivity contribution in [3.05, 3.63) is 84.3 Å². The minimum atomic E-state index is 0.291. The van der Waals surface area contributed by atoms with Gasteiger partial charge in [0.2, 0.25) is 0 Å². The van der Waals surface area contributed by atoms with Gasteiger partial charge in [-0.05, 0) is 58.9 Å². The van der Waals surface area contributed by atoms with Gasteiger partial charge in [-0.25, -0.2) is 4.98 Å². The fourth-order valence-corrected chi connectivity index (χ4v) is 3.76. The van der Waals surface area contributed by atoms with Gasteiger partial charge in [-0.2, -0.15) is 0 Å².